The van der Waals surface area contributed by atoms with Crippen LogP contribution in [0.25, 0.3) is 0 Å². The Morgan fingerprint density at radius 2 is 2.14 bits per heavy atom. The van der Waals surface area contributed by atoms with Gasteiger partial charge in [0.2, 0.25) is 0 Å². The maximum atomic E-state index is 13.0. The van der Waals surface area contributed by atoms with E-state index in [1.165, 1.54) is 11.8 Å². The second-order valence-electron chi connectivity index (χ2n) is 4.60. The topological polar surface area (TPSA) is 67.0 Å². The maximum Gasteiger partial charge on any atom is 0.423 e. The van der Waals surface area contributed by atoms with E-state index in [2.05, 4.69) is 10.4 Å². The van der Waals surface area contributed by atoms with E-state index in [-0.39, 0.29) is 12.3 Å². The first-order valence-corrected chi connectivity index (χ1v) is 7.52. The molecule has 1 aromatic rings. The lowest BCUT2D eigenvalue weighted by Crippen LogP contribution is -2.38. The highest BCUT2D eigenvalue weighted by Crippen LogP contribution is 2.34. The minimum atomic E-state index is -4.76. The van der Waals surface area contributed by atoms with E-state index in [0.717, 1.165) is 12.6 Å². The molecule has 0 aliphatic rings. The molecule has 0 bridgehead atoms. The number of aromatic nitrogens is 2. The standard InChI is InChI=1S/C12H18F3N3O2S/c1-4-5-20-7-11(2,21-3)17-8-6-16-18-10(19)9(8)12(13,14)15/h6H,4-5,7H2,1-3H3,(H2,17,18,19). The molecule has 2 N–H and O–H groups in total. The second kappa shape index (κ2) is 7.17. The van der Waals surface area contributed by atoms with Crippen LogP contribution >= 0.6 is 11.8 Å². The minimum absolute atomic E-state index is 0.200. The molecular formula is C12H18F3N3O2S. The molecule has 0 radical (unpaired) electrons. The van der Waals surface area contributed by atoms with E-state index in [9.17, 15) is 18.0 Å². The number of aromatic amines is 1. The fourth-order valence-corrected chi connectivity index (χ4v) is 2.03. The fraction of sp³-hybridized carbons (Fsp3) is 0.667. The number of H-pyrrole nitrogens is 1. The van der Waals surface area contributed by atoms with Gasteiger partial charge in [0.25, 0.3) is 5.56 Å². The van der Waals surface area contributed by atoms with Crippen LogP contribution in [0.1, 0.15) is 25.8 Å². The molecule has 5 nitrogen and oxygen atoms in total. The number of rotatable bonds is 7. The summed E-state index contributed by atoms with van der Waals surface area (Å²) in [5, 5.41) is 7.94. The van der Waals surface area contributed by atoms with Gasteiger partial charge < -0.3 is 10.1 Å². The van der Waals surface area contributed by atoms with Crippen molar-refractivity contribution < 1.29 is 17.9 Å². The van der Waals surface area contributed by atoms with E-state index in [1.54, 1.807) is 18.3 Å². The van der Waals surface area contributed by atoms with Crippen molar-refractivity contribution in [2.75, 3.05) is 24.8 Å². The molecule has 1 aromatic heterocycles. The van der Waals surface area contributed by atoms with Gasteiger partial charge in [-0.25, -0.2) is 5.10 Å². The minimum Gasteiger partial charge on any atom is -0.378 e. The van der Waals surface area contributed by atoms with Crippen molar-refractivity contribution in [2.24, 2.45) is 0 Å². The van der Waals surface area contributed by atoms with Crippen molar-refractivity contribution in [3.8, 4) is 0 Å². The molecule has 0 amide bonds. The maximum absolute atomic E-state index is 13.0. The second-order valence-corrected chi connectivity index (χ2v) is 5.91. The summed E-state index contributed by atoms with van der Waals surface area (Å²) in [6, 6.07) is 0. The van der Waals surface area contributed by atoms with Crippen molar-refractivity contribution >= 4 is 17.4 Å². The summed E-state index contributed by atoms with van der Waals surface area (Å²) < 4.78 is 44.3. The highest BCUT2D eigenvalue weighted by atomic mass is 32.2. The predicted octanol–water partition coefficient (Wildman–Crippen LogP) is 2.71. The van der Waals surface area contributed by atoms with E-state index in [4.69, 9.17) is 4.74 Å². The molecule has 9 heteroatoms. The molecule has 0 saturated carbocycles. The smallest absolute Gasteiger partial charge is 0.378 e. The first kappa shape index (κ1) is 17.8. The van der Waals surface area contributed by atoms with Gasteiger partial charge in [-0.2, -0.15) is 18.3 Å². The van der Waals surface area contributed by atoms with E-state index >= 15 is 0 Å². The van der Waals surface area contributed by atoms with Gasteiger partial charge in [0.1, 0.15) is 10.4 Å². The molecule has 120 valence electrons. The van der Waals surface area contributed by atoms with Gasteiger partial charge in [-0.3, -0.25) is 4.79 Å². The highest BCUT2D eigenvalue weighted by molar-refractivity contribution is 8.00. The SMILES string of the molecule is CCCOCC(C)(Nc1cn[nH]c(=O)c1C(F)(F)F)SC. The Bertz CT molecular complexity index is 521. The molecule has 1 atom stereocenters. The zero-order chi connectivity index (χ0) is 16.1. The zero-order valence-corrected chi connectivity index (χ0v) is 12.8. The van der Waals surface area contributed by atoms with Crippen LogP contribution in [0.4, 0.5) is 18.9 Å². The highest BCUT2D eigenvalue weighted by Gasteiger charge is 2.39. The summed E-state index contributed by atoms with van der Waals surface area (Å²) in [5.74, 6) is 0. The molecule has 0 fully saturated rings. The first-order chi connectivity index (χ1) is 9.73. The number of ether oxygens (including phenoxy) is 1. The molecule has 21 heavy (non-hydrogen) atoms. The van der Waals surface area contributed by atoms with Crippen LogP contribution in [0.2, 0.25) is 0 Å². The number of halogens is 3. The van der Waals surface area contributed by atoms with Crippen LogP contribution in [-0.4, -0.2) is 34.5 Å². The monoisotopic (exact) mass is 325 g/mol. The van der Waals surface area contributed by atoms with Crippen LogP contribution in [-0.2, 0) is 10.9 Å². The zero-order valence-electron chi connectivity index (χ0n) is 12.0. The molecule has 0 aromatic carbocycles. The number of alkyl halides is 3. The summed E-state index contributed by atoms with van der Waals surface area (Å²) >= 11 is 1.30. The van der Waals surface area contributed by atoms with Gasteiger partial charge in [0.05, 0.1) is 18.5 Å². The summed E-state index contributed by atoms with van der Waals surface area (Å²) in [5.41, 5.74) is -2.91. The Balaban J connectivity index is 3.05. The number of nitrogens with zero attached hydrogens (tertiary/aromatic N) is 1. The Morgan fingerprint density at radius 1 is 1.48 bits per heavy atom. The predicted molar refractivity (Wildman–Crippen MR) is 76.5 cm³/mol. The van der Waals surface area contributed by atoms with Gasteiger partial charge in [-0.05, 0) is 19.6 Å². The van der Waals surface area contributed by atoms with Crippen LogP contribution in [0.15, 0.2) is 11.0 Å². The third kappa shape index (κ3) is 4.92. The fourth-order valence-electron chi connectivity index (χ4n) is 1.62. The number of hydrogen-bond acceptors (Lipinski definition) is 5. The molecule has 0 aliphatic heterocycles. The van der Waals surface area contributed by atoms with Crippen molar-refractivity contribution in [1.82, 2.24) is 10.2 Å². The van der Waals surface area contributed by atoms with Crippen LogP contribution in [0.3, 0.4) is 0 Å². The van der Waals surface area contributed by atoms with Gasteiger partial charge in [0.15, 0.2) is 0 Å². The van der Waals surface area contributed by atoms with E-state index in [0.29, 0.717) is 6.61 Å². The Morgan fingerprint density at radius 3 is 2.67 bits per heavy atom. The van der Waals surface area contributed by atoms with E-state index in [1.807, 2.05) is 6.92 Å². The van der Waals surface area contributed by atoms with Crippen molar-refractivity contribution in [1.29, 1.82) is 0 Å². The van der Waals surface area contributed by atoms with Crippen molar-refractivity contribution in [3.63, 3.8) is 0 Å². The quantitative estimate of drug-likeness (QED) is 0.596. The lowest BCUT2D eigenvalue weighted by molar-refractivity contribution is -0.138. The van der Waals surface area contributed by atoms with Gasteiger partial charge >= 0.3 is 6.18 Å². The van der Waals surface area contributed by atoms with Crippen molar-refractivity contribution in [3.05, 3.63) is 22.1 Å². The van der Waals surface area contributed by atoms with Crippen LogP contribution < -0.4 is 10.9 Å². The van der Waals surface area contributed by atoms with Crippen molar-refractivity contribution in [2.45, 2.75) is 31.3 Å². The molecule has 1 unspecified atom stereocenters. The van der Waals surface area contributed by atoms with Gasteiger partial charge in [0, 0.05) is 6.61 Å². The lowest BCUT2D eigenvalue weighted by Gasteiger charge is -2.30. The number of thioether (sulfide) groups is 1. The summed E-state index contributed by atoms with van der Waals surface area (Å²) in [7, 11) is 0. The Hall–Kier alpha value is -1.22. The van der Waals surface area contributed by atoms with Crippen LogP contribution in [0, 0.1) is 0 Å². The Labute approximate surface area is 124 Å². The number of hydrogen-bond donors (Lipinski definition) is 2. The van der Waals surface area contributed by atoms with Gasteiger partial charge in [-0.1, -0.05) is 6.92 Å². The average Bonchev–Trinajstić information content (AvgIpc) is 2.37. The first-order valence-electron chi connectivity index (χ1n) is 6.29. The Kier molecular flexibility index (Phi) is 6.09. The number of anilines is 1. The van der Waals surface area contributed by atoms with E-state index < -0.39 is 22.2 Å². The molecule has 1 heterocycles. The summed E-state index contributed by atoms with van der Waals surface area (Å²) in [4.78, 5) is 10.6. The molecular weight excluding hydrogens is 307 g/mol. The summed E-state index contributed by atoms with van der Waals surface area (Å²) in [6.45, 7) is 4.35. The van der Waals surface area contributed by atoms with Gasteiger partial charge in [-0.15, -0.1) is 11.8 Å². The summed E-state index contributed by atoms with van der Waals surface area (Å²) in [6.07, 6.45) is -1.25. The third-order valence-corrected chi connectivity index (χ3v) is 3.84. The average molecular weight is 325 g/mol. The van der Waals surface area contributed by atoms with Crippen LogP contribution in [0.5, 0.6) is 0 Å². The number of nitrogens with one attached hydrogen (secondary N) is 2. The molecule has 0 aliphatic carbocycles. The third-order valence-electron chi connectivity index (χ3n) is 2.72. The lowest BCUT2D eigenvalue weighted by atomic mass is 10.2. The molecule has 0 spiro atoms. The molecule has 1 rings (SSSR count). The normalized spacial score (nSPS) is 14.8. The largest absolute Gasteiger partial charge is 0.423 e. The molecule has 0 saturated heterocycles.